The Hall–Kier alpha value is -1.81. The first-order chi connectivity index (χ1) is 9.47. The van der Waals surface area contributed by atoms with Crippen LogP contribution in [0.5, 0.6) is 0 Å². The second kappa shape index (κ2) is 4.63. The van der Waals surface area contributed by atoms with E-state index >= 15 is 0 Å². The third-order valence-electron chi connectivity index (χ3n) is 3.38. The highest BCUT2D eigenvalue weighted by Crippen LogP contribution is 2.21. The predicted molar refractivity (Wildman–Crippen MR) is 72.7 cm³/mol. The fraction of sp³-hybridized carbons (Fsp3) is 0.600. The Kier molecular flexibility index (Phi) is 3.05. The molecule has 0 atom stereocenters. The van der Waals surface area contributed by atoms with E-state index in [0.29, 0.717) is 43.2 Å². The molecule has 1 fully saturated rings. The molecule has 10 heteroatoms. The van der Waals surface area contributed by atoms with E-state index in [-0.39, 0.29) is 0 Å². The predicted octanol–water partition coefficient (Wildman–Crippen LogP) is -1.16. The SMILES string of the molecule is Cn1nnc2c(N3CCN(S(C)(=O)=O)CC3)ncnc21. The normalized spacial score (nSPS) is 17.8. The number of rotatable bonds is 2. The number of hydrogen-bond donors (Lipinski definition) is 0. The van der Waals surface area contributed by atoms with Crippen molar-refractivity contribution in [1.29, 1.82) is 0 Å². The van der Waals surface area contributed by atoms with Crippen LogP contribution in [0.2, 0.25) is 0 Å². The molecular weight excluding hydrogens is 282 g/mol. The fourth-order valence-corrected chi connectivity index (χ4v) is 3.13. The quantitative estimate of drug-likeness (QED) is 0.689. The minimum atomic E-state index is -3.13. The van der Waals surface area contributed by atoms with Crippen molar-refractivity contribution >= 4 is 27.0 Å². The van der Waals surface area contributed by atoms with Crippen molar-refractivity contribution in [1.82, 2.24) is 29.3 Å². The minimum Gasteiger partial charge on any atom is -0.352 e. The lowest BCUT2D eigenvalue weighted by Crippen LogP contribution is -2.48. The van der Waals surface area contributed by atoms with Gasteiger partial charge in [-0.25, -0.2) is 23.1 Å². The number of aromatic nitrogens is 5. The number of fused-ring (bicyclic) bond motifs is 1. The second-order valence-corrected chi connectivity index (χ2v) is 6.71. The standard InChI is InChI=1S/C10H15N7O2S/c1-15-9-8(13-14-15)10(12-7-11-9)16-3-5-17(6-4-16)20(2,18)19/h7H,3-6H2,1-2H3. The molecule has 108 valence electrons. The Morgan fingerprint density at radius 2 is 1.85 bits per heavy atom. The Morgan fingerprint density at radius 3 is 2.50 bits per heavy atom. The van der Waals surface area contributed by atoms with E-state index in [1.807, 2.05) is 4.90 Å². The Labute approximate surface area is 116 Å². The zero-order chi connectivity index (χ0) is 14.3. The van der Waals surface area contributed by atoms with Gasteiger partial charge in [0.15, 0.2) is 17.0 Å². The minimum absolute atomic E-state index is 0.449. The lowest BCUT2D eigenvalue weighted by molar-refractivity contribution is 0.387. The third kappa shape index (κ3) is 2.20. The van der Waals surface area contributed by atoms with Gasteiger partial charge in [0.05, 0.1) is 6.26 Å². The average molecular weight is 297 g/mol. The highest BCUT2D eigenvalue weighted by Gasteiger charge is 2.25. The molecule has 0 unspecified atom stereocenters. The molecule has 1 saturated heterocycles. The molecule has 2 aromatic heterocycles. The van der Waals surface area contributed by atoms with Crippen LogP contribution in [0.3, 0.4) is 0 Å². The van der Waals surface area contributed by atoms with Gasteiger partial charge in [0, 0.05) is 33.2 Å². The zero-order valence-electron chi connectivity index (χ0n) is 11.3. The van der Waals surface area contributed by atoms with E-state index in [9.17, 15) is 8.42 Å². The Bertz CT molecular complexity index is 733. The van der Waals surface area contributed by atoms with Crippen LogP contribution in [-0.2, 0) is 17.1 Å². The molecule has 1 aliphatic rings. The molecule has 0 spiro atoms. The molecule has 0 aromatic carbocycles. The second-order valence-electron chi connectivity index (χ2n) is 4.73. The molecule has 2 aromatic rings. The molecule has 1 aliphatic heterocycles. The van der Waals surface area contributed by atoms with Gasteiger partial charge in [-0.05, 0) is 0 Å². The molecule has 0 aliphatic carbocycles. The van der Waals surface area contributed by atoms with Gasteiger partial charge in [-0.15, -0.1) is 5.10 Å². The number of aryl methyl sites for hydroxylation is 1. The van der Waals surface area contributed by atoms with Crippen LogP contribution in [0.15, 0.2) is 6.33 Å². The molecule has 3 heterocycles. The van der Waals surface area contributed by atoms with Gasteiger partial charge in [0.2, 0.25) is 10.0 Å². The van der Waals surface area contributed by atoms with Crippen LogP contribution in [0, 0.1) is 0 Å². The summed E-state index contributed by atoms with van der Waals surface area (Å²) < 4.78 is 26.1. The fourth-order valence-electron chi connectivity index (χ4n) is 2.30. The Morgan fingerprint density at radius 1 is 1.15 bits per heavy atom. The van der Waals surface area contributed by atoms with Crippen LogP contribution < -0.4 is 4.90 Å². The number of sulfonamides is 1. The van der Waals surface area contributed by atoms with Gasteiger partial charge >= 0.3 is 0 Å². The summed E-state index contributed by atoms with van der Waals surface area (Å²) in [5, 5.41) is 8.01. The lowest BCUT2D eigenvalue weighted by atomic mass is 10.3. The summed E-state index contributed by atoms with van der Waals surface area (Å²) in [7, 11) is -1.36. The van der Waals surface area contributed by atoms with Crippen molar-refractivity contribution in [2.45, 2.75) is 0 Å². The van der Waals surface area contributed by atoms with E-state index in [0.717, 1.165) is 0 Å². The number of piperazine rings is 1. The maximum absolute atomic E-state index is 11.5. The van der Waals surface area contributed by atoms with E-state index in [4.69, 9.17) is 0 Å². The smallest absolute Gasteiger partial charge is 0.211 e. The summed E-state index contributed by atoms with van der Waals surface area (Å²) in [5.74, 6) is 0.705. The first kappa shape index (κ1) is 13.2. The zero-order valence-corrected chi connectivity index (χ0v) is 12.1. The highest BCUT2D eigenvalue weighted by molar-refractivity contribution is 7.88. The van der Waals surface area contributed by atoms with Crippen molar-refractivity contribution in [2.75, 3.05) is 37.3 Å². The lowest BCUT2D eigenvalue weighted by Gasteiger charge is -2.33. The summed E-state index contributed by atoms with van der Waals surface area (Å²) >= 11 is 0. The van der Waals surface area contributed by atoms with Gasteiger partial charge in [-0.2, -0.15) is 4.31 Å². The molecule has 3 rings (SSSR count). The monoisotopic (exact) mass is 297 g/mol. The summed E-state index contributed by atoms with van der Waals surface area (Å²) in [6.07, 6.45) is 2.71. The molecule has 0 amide bonds. The molecule has 20 heavy (non-hydrogen) atoms. The van der Waals surface area contributed by atoms with Crippen LogP contribution in [0.25, 0.3) is 11.2 Å². The number of hydrogen-bond acceptors (Lipinski definition) is 7. The maximum atomic E-state index is 11.5. The molecule has 0 bridgehead atoms. The Balaban J connectivity index is 1.87. The summed E-state index contributed by atoms with van der Waals surface area (Å²) in [5.41, 5.74) is 1.31. The maximum Gasteiger partial charge on any atom is 0.211 e. The summed E-state index contributed by atoms with van der Waals surface area (Å²) in [6.45, 7) is 2.06. The average Bonchev–Trinajstić information content (AvgIpc) is 2.80. The number of nitrogens with zero attached hydrogens (tertiary/aromatic N) is 7. The van der Waals surface area contributed by atoms with E-state index in [1.54, 1.807) is 11.7 Å². The van der Waals surface area contributed by atoms with Crippen molar-refractivity contribution < 1.29 is 8.42 Å². The molecular formula is C10H15N7O2S. The van der Waals surface area contributed by atoms with Crippen molar-refractivity contribution in [2.24, 2.45) is 7.05 Å². The van der Waals surface area contributed by atoms with Crippen molar-refractivity contribution in [3.63, 3.8) is 0 Å². The van der Waals surface area contributed by atoms with E-state index in [1.165, 1.54) is 16.9 Å². The van der Waals surface area contributed by atoms with Gasteiger partial charge in [0.25, 0.3) is 0 Å². The van der Waals surface area contributed by atoms with E-state index < -0.39 is 10.0 Å². The molecule has 9 nitrogen and oxygen atoms in total. The topological polar surface area (TPSA) is 97.1 Å². The third-order valence-corrected chi connectivity index (χ3v) is 4.68. The van der Waals surface area contributed by atoms with Crippen LogP contribution >= 0.6 is 0 Å². The molecule has 0 N–H and O–H groups in total. The van der Waals surface area contributed by atoms with Crippen molar-refractivity contribution in [3.8, 4) is 0 Å². The first-order valence-electron chi connectivity index (χ1n) is 6.17. The molecule has 0 saturated carbocycles. The van der Waals surface area contributed by atoms with Gasteiger partial charge < -0.3 is 4.90 Å². The van der Waals surface area contributed by atoms with Crippen LogP contribution in [0.1, 0.15) is 0 Å². The van der Waals surface area contributed by atoms with Gasteiger partial charge in [-0.1, -0.05) is 5.21 Å². The van der Waals surface area contributed by atoms with Crippen LogP contribution in [0.4, 0.5) is 5.82 Å². The molecule has 0 radical (unpaired) electrons. The van der Waals surface area contributed by atoms with Gasteiger partial charge in [-0.3, -0.25) is 0 Å². The summed E-state index contributed by atoms with van der Waals surface area (Å²) in [6, 6.07) is 0. The highest BCUT2D eigenvalue weighted by atomic mass is 32.2. The summed E-state index contributed by atoms with van der Waals surface area (Å²) in [4.78, 5) is 10.4. The van der Waals surface area contributed by atoms with Crippen molar-refractivity contribution in [3.05, 3.63) is 6.33 Å². The number of anilines is 1. The van der Waals surface area contributed by atoms with Crippen LogP contribution in [-0.4, -0.2) is 70.1 Å². The van der Waals surface area contributed by atoms with E-state index in [2.05, 4.69) is 20.3 Å². The first-order valence-corrected chi connectivity index (χ1v) is 8.02. The largest absolute Gasteiger partial charge is 0.352 e. The van der Waals surface area contributed by atoms with Gasteiger partial charge in [0.1, 0.15) is 6.33 Å².